The molecule has 0 radical (unpaired) electrons. The van der Waals surface area contributed by atoms with Crippen LogP contribution in [0.25, 0.3) is 0 Å². The minimum atomic E-state index is -0.116. The first-order valence-electron chi connectivity index (χ1n) is 9.66. The third kappa shape index (κ3) is 5.09. The first kappa shape index (κ1) is 20.0. The molecular weight excluding hydrogens is 318 g/mol. The SMILES string of the molecule is CCOCCC1(CNC(=NC)N2CC(C)C(C(=O)OC)C2)CCCC1. The Balaban J connectivity index is 1.92. The van der Waals surface area contributed by atoms with E-state index in [9.17, 15) is 4.79 Å². The maximum Gasteiger partial charge on any atom is 0.310 e. The second-order valence-electron chi connectivity index (χ2n) is 7.57. The number of hydrogen-bond acceptors (Lipinski definition) is 4. The third-order valence-electron chi connectivity index (χ3n) is 5.89. The van der Waals surface area contributed by atoms with Crippen LogP contribution in [0, 0.1) is 17.3 Å². The van der Waals surface area contributed by atoms with Gasteiger partial charge in [0.2, 0.25) is 0 Å². The molecule has 144 valence electrons. The number of hydrogen-bond donors (Lipinski definition) is 1. The van der Waals surface area contributed by atoms with E-state index in [2.05, 4.69) is 22.1 Å². The van der Waals surface area contributed by atoms with Crippen molar-refractivity contribution in [2.24, 2.45) is 22.2 Å². The Kier molecular flexibility index (Phi) is 7.54. The lowest BCUT2D eigenvalue weighted by atomic mass is 9.83. The molecule has 0 aromatic heterocycles. The van der Waals surface area contributed by atoms with Crippen LogP contribution in [0.3, 0.4) is 0 Å². The fourth-order valence-electron chi connectivity index (χ4n) is 4.27. The third-order valence-corrected chi connectivity index (χ3v) is 5.89. The fraction of sp³-hybridized carbons (Fsp3) is 0.895. The highest BCUT2D eigenvalue weighted by atomic mass is 16.5. The van der Waals surface area contributed by atoms with Gasteiger partial charge in [-0.25, -0.2) is 0 Å². The van der Waals surface area contributed by atoms with Crippen LogP contribution in [-0.4, -0.2) is 63.8 Å². The van der Waals surface area contributed by atoms with Crippen molar-refractivity contribution in [2.45, 2.75) is 46.0 Å². The summed E-state index contributed by atoms with van der Waals surface area (Å²) >= 11 is 0. The molecule has 0 aromatic carbocycles. The molecule has 2 atom stereocenters. The second kappa shape index (κ2) is 9.41. The van der Waals surface area contributed by atoms with Crippen molar-refractivity contribution in [3.05, 3.63) is 0 Å². The number of methoxy groups -OCH3 is 1. The number of aliphatic imine (C=N–C) groups is 1. The molecule has 2 rings (SSSR count). The number of guanidine groups is 1. The molecule has 1 saturated heterocycles. The van der Waals surface area contributed by atoms with Crippen molar-refractivity contribution >= 4 is 11.9 Å². The summed E-state index contributed by atoms with van der Waals surface area (Å²) in [5.41, 5.74) is 0.318. The van der Waals surface area contributed by atoms with Gasteiger partial charge in [-0.15, -0.1) is 0 Å². The Morgan fingerprint density at radius 1 is 1.32 bits per heavy atom. The Bertz CT molecular complexity index is 461. The molecule has 6 nitrogen and oxygen atoms in total. The summed E-state index contributed by atoms with van der Waals surface area (Å²) in [6.45, 7) is 8.22. The van der Waals surface area contributed by atoms with Crippen molar-refractivity contribution in [1.29, 1.82) is 0 Å². The maximum absolute atomic E-state index is 11.9. The Hall–Kier alpha value is -1.30. The van der Waals surface area contributed by atoms with Gasteiger partial charge in [0.05, 0.1) is 13.0 Å². The van der Waals surface area contributed by atoms with Gasteiger partial charge < -0.3 is 19.7 Å². The standard InChI is InChI=1S/C19H35N3O3/c1-5-25-11-10-19(8-6-7-9-19)14-21-18(20-3)22-12-15(2)16(13-22)17(23)24-4/h15-16H,5-14H2,1-4H3,(H,20,21). The zero-order valence-electron chi connectivity index (χ0n) is 16.3. The summed E-state index contributed by atoms with van der Waals surface area (Å²) < 4.78 is 10.5. The number of carbonyl (C=O) groups excluding carboxylic acids is 1. The van der Waals surface area contributed by atoms with Crippen molar-refractivity contribution in [1.82, 2.24) is 10.2 Å². The summed E-state index contributed by atoms with van der Waals surface area (Å²) in [7, 11) is 3.28. The number of rotatable bonds is 7. The Morgan fingerprint density at radius 2 is 2.04 bits per heavy atom. The molecular formula is C19H35N3O3. The lowest BCUT2D eigenvalue weighted by Gasteiger charge is -2.31. The van der Waals surface area contributed by atoms with Crippen LogP contribution in [0.4, 0.5) is 0 Å². The quantitative estimate of drug-likeness (QED) is 0.329. The molecule has 1 aliphatic heterocycles. The van der Waals surface area contributed by atoms with Gasteiger partial charge in [-0.05, 0) is 37.5 Å². The molecule has 2 aliphatic rings. The zero-order valence-corrected chi connectivity index (χ0v) is 16.3. The average molecular weight is 354 g/mol. The lowest BCUT2D eigenvalue weighted by Crippen LogP contribution is -2.45. The molecule has 0 spiro atoms. The van der Waals surface area contributed by atoms with Crippen LogP contribution in [0.15, 0.2) is 4.99 Å². The van der Waals surface area contributed by atoms with E-state index in [0.29, 0.717) is 12.0 Å². The topological polar surface area (TPSA) is 63.2 Å². The molecule has 6 heteroatoms. The highest BCUT2D eigenvalue weighted by Crippen LogP contribution is 2.40. The van der Waals surface area contributed by atoms with Crippen molar-refractivity contribution in [2.75, 3.05) is 47.0 Å². The van der Waals surface area contributed by atoms with Gasteiger partial charge in [0, 0.05) is 39.9 Å². The average Bonchev–Trinajstić information content (AvgIpc) is 3.23. The monoisotopic (exact) mass is 353 g/mol. The minimum Gasteiger partial charge on any atom is -0.469 e. The van der Waals surface area contributed by atoms with Crippen LogP contribution < -0.4 is 5.32 Å². The maximum atomic E-state index is 11.9. The van der Waals surface area contributed by atoms with Crippen molar-refractivity contribution < 1.29 is 14.3 Å². The van der Waals surface area contributed by atoms with Gasteiger partial charge in [0.15, 0.2) is 5.96 Å². The van der Waals surface area contributed by atoms with Crippen LogP contribution in [0.1, 0.15) is 46.0 Å². The fourth-order valence-corrected chi connectivity index (χ4v) is 4.27. The largest absolute Gasteiger partial charge is 0.469 e. The highest BCUT2D eigenvalue weighted by Gasteiger charge is 2.38. The van der Waals surface area contributed by atoms with E-state index in [1.807, 2.05) is 14.0 Å². The first-order valence-corrected chi connectivity index (χ1v) is 9.66. The van der Waals surface area contributed by atoms with Crippen LogP contribution in [0.5, 0.6) is 0 Å². The van der Waals surface area contributed by atoms with E-state index in [4.69, 9.17) is 9.47 Å². The molecule has 1 N–H and O–H groups in total. The smallest absolute Gasteiger partial charge is 0.310 e. The number of esters is 1. The molecule has 0 bridgehead atoms. The van der Waals surface area contributed by atoms with E-state index >= 15 is 0 Å². The van der Waals surface area contributed by atoms with E-state index in [1.165, 1.54) is 32.8 Å². The molecule has 2 unspecified atom stereocenters. The number of nitrogens with one attached hydrogen (secondary N) is 1. The Morgan fingerprint density at radius 3 is 2.64 bits per heavy atom. The summed E-state index contributed by atoms with van der Waals surface area (Å²) in [4.78, 5) is 18.6. The van der Waals surface area contributed by atoms with E-state index < -0.39 is 0 Å². The van der Waals surface area contributed by atoms with Crippen LogP contribution in [-0.2, 0) is 14.3 Å². The summed E-state index contributed by atoms with van der Waals surface area (Å²) in [5, 5.41) is 3.59. The molecule has 0 aromatic rings. The predicted octanol–water partition coefficient (Wildman–Crippen LogP) is 2.29. The van der Waals surface area contributed by atoms with E-state index in [0.717, 1.165) is 38.7 Å². The van der Waals surface area contributed by atoms with Crippen molar-refractivity contribution in [3.63, 3.8) is 0 Å². The normalized spacial score (nSPS) is 26.1. The van der Waals surface area contributed by atoms with Gasteiger partial charge in [-0.3, -0.25) is 9.79 Å². The van der Waals surface area contributed by atoms with Crippen LogP contribution in [0.2, 0.25) is 0 Å². The van der Waals surface area contributed by atoms with Gasteiger partial charge in [-0.1, -0.05) is 19.8 Å². The van der Waals surface area contributed by atoms with Crippen LogP contribution >= 0.6 is 0 Å². The number of likely N-dealkylation sites (tertiary alicyclic amines) is 1. The molecule has 0 amide bonds. The molecule has 2 fully saturated rings. The lowest BCUT2D eigenvalue weighted by molar-refractivity contribution is -0.145. The molecule has 1 saturated carbocycles. The van der Waals surface area contributed by atoms with E-state index in [-0.39, 0.29) is 17.8 Å². The second-order valence-corrected chi connectivity index (χ2v) is 7.57. The van der Waals surface area contributed by atoms with Gasteiger partial charge in [-0.2, -0.15) is 0 Å². The number of nitrogens with zero attached hydrogens (tertiary/aromatic N) is 2. The first-order chi connectivity index (χ1) is 12.0. The minimum absolute atomic E-state index is 0.0676. The van der Waals surface area contributed by atoms with Crippen molar-refractivity contribution in [3.8, 4) is 0 Å². The summed E-state index contributed by atoms with van der Waals surface area (Å²) in [5.74, 6) is 1.00. The zero-order chi connectivity index (χ0) is 18.3. The highest BCUT2D eigenvalue weighted by molar-refractivity contribution is 5.82. The number of ether oxygens (including phenoxy) is 2. The summed E-state index contributed by atoms with van der Waals surface area (Å²) in [6, 6.07) is 0. The molecule has 1 aliphatic carbocycles. The predicted molar refractivity (Wildman–Crippen MR) is 99.6 cm³/mol. The molecule has 25 heavy (non-hydrogen) atoms. The van der Waals surface area contributed by atoms with E-state index in [1.54, 1.807) is 0 Å². The molecule has 1 heterocycles. The number of carbonyl (C=O) groups is 1. The van der Waals surface area contributed by atoms with Gasteiger partial charge in [0.1, 0.15) is 0 Å². The van der Waals surface area contributed by atoms with Gasteiger partial charge in [0.25, 0.3) is 0 Å². The summed E-state index contributed by atoms with van der Waals surface area (Å²) in [6.07, 6.45) is 6.22. The Labute approximate surface area is 152 Å². The van der Waals surface area contributed by atoms with Gasteiger partial charge >= 0.3 is 5.97 Å².